The molecule has 0 amide bonds. The first-order valence-corrected chi connectivity index (χ1v) is 7.70. The highest BCUT2D eigenvalue weighted by Crippen LogP contribution is 2.16. The number of benzene rings is 1. The summed E-state index contributed by atoms with van der Waals surface area (Å²) >= 11 is 0. The van der Waals surface area contributed by atoms with Gasteiger partial charge in [0.25, 0.3) is 0 Å². The molecule has 0 bridgehead atoms. The predicted molar refractivity (Wildman–Crippen MR) is 74.6 cm³/mol. The van der Waals surface area contributed by atoms with Gasteiger partial charge < -0.3 is 9.84 Å². The van der Waals surface area contributed by atoms with Gasteiger partial charge in [0.15, 0.2) is 0 Å². The van der Waals surface area contributed by atoms with Crippen molar-refractivity contribution in [3.05, 3.63) is 29.3 Å². The number of ether oxygens (including phenoxy) is 1. The van der Waals surface area contributed by atoms with Crippen LogP contribution < -0.4 is 4.72 Å². The highest BCUT2D eigenvalue weighted by molar-refractivity contribution is 7.89. The Morgan fingerprint density at radius 1 is 1.38 bits per heavy atom. The molecular weight excluding hydrogens is 298 g/mol. The first kappa shape index (κ1) is 17.1. The second kappa shape index (κ2) is 6.68. The van der Waals surface area contributed by atoms with Crippen molar-refractivity contribution in [3.63, 3.8) is 0 Å². The smallest absolute Gasteiger partial charge is 0.335 e. The maximum atomic E-state index is 12.1. The van der Waals surface area contributed by atoms with Gasteiger partial charge in [0.05, 0.1) is 17.1 Å². The summed E-state index contributed by atoms with van der Waals surface area (Å²) in [5, 5.41) is 9.01. The number of rotatable bonds is 6. The molecule has 7 nitrogen and oxygen atoms in total. The summed E-state index contributed by atoms with van der Waals surface area (Å²) in [6.07, 6.45) is 0. The third-order valence-corrected chi connectivity index (χ3v) is 4.26. The van der Waals surface area contributed by atoms with Crippen LogP contribution in [0.25, 0.3) is 0 Å². The van der Waals surface area contributed by atoms with E-state index in [0.29, 0.717) is 5.56 Å². The summed E-state index contributed by atoms with van der Waals surface area (Å²) in [4.78, 5) is 22.2. The fourth-order valence-corrected chi connectivity index (χ4v) is 2.83. The van der Waals surface area contributed by atoms with E-state index in [0.717, 1.165) is 6.07 Å². The van der Waals surface area contributed by atoms with Gasteiger partial charge >= 0.3 is 11.9 Å². The van der Waals surface area contributed by atoms with Crippen molar-refractivity contribution in [2.45, 2.75) is 31.7 Å². The molecule has 1 atom stereocenters. The molecule has 0 saturated heterocycles. The molecule has 0 aliphatic carbocycles. The van der Waals surface area contributed by atoms with E-state index in [9.17, 15) is 18.0 Å². The van der Waals surface area contributed by atoms with Gasteiger partial charge in [-0.15, -0.1) is 0 Å². The summed E-state index contributed by atoms with van der Waals surface area (Å²) in [5.74, 6) is -1.92. The molecular formula is C13H17NO6S. The van der Waals surface area contributed by atoms with Gasteiger partial charge in [-0.2, -0.15) is 4.72 Å². The van der Waals surface area contributed by atoms with Crippen molar-refractivity contribution in [2.24, 2.45) is 0 Å². The maximum Gasteiger partial charge on any atom is 0.335 e. The lowest BCUT2D eigenvalue weighted by molar-refractivity contribution is -0.144. The number of sulfonamides is 1. The second-order valence-corrected chi connectivity index (χ2v) is 6.09. The first-order chi connectivity index (χ1) is 9.69. The molecule has 1 aromatic rings. The third-order valence-electron chi connectivity index (χ3n) is 2.72. The monoisotopic (exact) mass is 315 g/mol. The van der Waals surface area contributed by atoms with Gasteiger partial charge in [0.2, 0.25) is 10.0 Å². The minimum Gasteiger partial charge on any atom is -0.478 e. The van der Waals surface area contributed by atoms with Crippen molar-refractivity contribution >= 4 is 22.0 Å². The Balaban J connectivity index is 3.06. The second-order valence-electron chi connectivity index (χ2n) is 4.38. The molecule has 116 valence electrons. The fraction of sp³-hybridized carbons (Fsp3) is 0.385. The maximum absolute atomic E-state index is 12.1. The number of hydrogen-bond acceptors (Lipinski definition) is 5. The number of carbonyl (C=O) groups excluding carboxylic acids is 1. The number of aromatic carboxylic acids is 1. The molecule has 0 fully saturated rings. The van der Waals surface area contributed by atoms with Crippen LogP contribution in [0.5, 0.6) is 0 Å². The molecule has 0 radical (unpaired) electrons. The molecule has 0 aromatic heterocycles. The quantitative estimate of drug-likeness (QED) is 0.756. The first-order valence-electron chi connectivity index (χ1n) is 6.22. The zero-order chi connectivity index (χ0) is 16.2. The van der Waals surface area contributed by atoms with Gasteiger partial charge in [-0.25, -0.2) is 13.2 Å². The van der Waals surface area contributed by atoms with Crippen LogP contribution in [-0.2, 0) is 19.6 Å². The highest BCUT2D eigenvalue weighted by atomic mass is 32.2. The zero-order valence-corrected chi connectivity index (χ0v) is 12.7. The van der Waals surface area contributed by atoms with Crippen molar-refractivity contribution in [2.75, 3.05) is 6.61 Å². The van der Waals surface area contributed by atoms with Crippen LogP contribution in [0.3, 0.4) is 0 Å². The number of carbonyl (C=O) groups is 2. The molecule has 21 heavy (non-hydrogen) atoms. The van der Waals surface area contributed by atoms with Gasteiger partial charge in [-0.1, -0.05) is 6.07 Å². The Morgan fingerprint density at radius 3 is 2.52 bits per heavy atom. The lowest BCUT2D eigenvalue weighted by Gasteiger charge is -2.13. The SMILES string of the molecule is CCOC(=O)C(C)NS(=O)(=O)c1ccc(C)c(C(=O)O)c1. The zero-order valence-electron chi connectivity index (χ0n) is 11.9. The summed E-state index contributed by atoms with van der Waals surface area (Å²) < 4.78 is 31.1. The number of esters is 1. The van der Waals surface area contributed by atoms with Gasteiger partial charge in [0, 0.05) is 0 Å². The van der Waals surface area contributed by atoms with Crippen molar-refractivity contribution in [1.29, 1.82) is 0 Å². The lowest BCUT2D eigenvalue weighted by Crippen LogP contribution is -2.39. The Kier molecular flexibility index (Phi) is 5.45. The summed E-state index contributed by atoms with van der Waals surface area (Å²) in [6.45, 7) is 4.66. The van der Waals surface area contributed by atoms with Gasteiger partial charge in [-0.05, 0) is 38.5 Å². The molecule has 1 rings (SSSR count). The van der Waals surface area contributed by atoms with Crippen LogP contribution in [0.15, 0.2) is 23.1 Å². The average Bonchev–Trinajstić information content (AvgIpc) is 2.38. The normalized spacial score (nSPS) is 12.7. The topological polar surface area (TPSA) is 110 Å². The number of nitrogens with one attached hydrogen (secondary N) is 1. The predicted octanol–water partition coefficient (Wildman–Crippen LogP) is 0.923. The Labute approximate surface area is 123 Å². The van der Waals surface area contributed by atoms with E-state index < -0.39 is 28.0 Å². The van der Waals surface area contributed by atoms with Gasteiger partial charge in [0.1, 0.15) is 6.04 Å². The van der Waals surface area contributed by atoms with Crippen LogP contribution in [0.2, 0.25) is 0 Å². The molecule has 0 heterocycles. The van der Waals surface area contributed by atoms with Crippen LogP contribution in [0, 0.1) is 6.92 Å². The van der Waals surface area contributed by atoms with Crippen molar-refractivity contribution in [1.82, 2.24) is 4.72 Å². The third kappa shape index (κ3) is 4.27. The average molecular weight is 315 g/mol. The standard InChI is InChI=1S/C13H17NO6S/c1-4-20-13(17)9(3)14-21(18,19)10-6-5-8(2)11(7-10)12(15)16/h5-7,9,14H,4H2,1-3H3,(H,15,16). The summed E-state index contributed by atoms with van der Waals surface area (Å²) in [7, 11) is -4.01. The summed E-state index contributed by atoms with van der Waals surface area (Å²) in [6, 6.07) is 2.66. The van der Waals surface area contributed by atoms with Crippen molar-refractivity contribution < 1.29 is 27.9 Å². The molecule has 0 spiro atoms. The fourth-order valence-electron chi connectivity index (χ4n) is 1.61. The van der Waals surface area contributed by atoms with E-state index in [1.54, 1.807) is 13.8 Å². The molecule has 8 heteroatoms. The van der Waals surface area contributed by atoms with E-state index in [1.165, 1.54) is 19.1 Å². The minimum absolute atomic E-state index is 0.110. The minimum atomic E-state index is -4.01. The largest absolute Gasteiger partial charge is 0.478 e. The van der Waals surface area contributed by atoms with Crippen molar-refractivity contribution in [3.8, 4) is 0 Å². The molecule has 1 aromatic carbocycles. The lowest BCUT2D eigenvalue weighted by atomic mass is 10.1. The number of carboxylic acids is 1. The van der Waals surface area contributed by atoms with Gasteiger partial charge in [-0.3, -0.25) is 4.79 Å². The van der Waals surface area contributed by atoms with Crippen LogP contribution >= 0.6 is 0 Å². The van der Waals surface area contributed by atoms with Crippen LogP contribution in [-0.4, -0.2) is 38.1 Å². The Morgan fingerprint density at radius 2 is 2.00 bits per heavy atom. The van der Waals surface area contributed by atoms with E-state index >= 15 is 0 Å². The molecule has 0 aliphatic heterocycles. The summed E-state index contributed by atoms with van der Waals surface area (Å²) in [5.41, 5.74) is 0.335. The van der Waals surface area contributed by atoms with E-state index in [1.807, 2.05) is 0 Å². The van der Waals surface area contributed by atoms with Crippen LogP contribution in [0.4, 0.5) is 0 Å². The van der Waals surface area contributed by atoms with E-state index in [2.05, 4.69) is 4.72 Å². The highest BCUT2D eigenvalue weighted by Gasteiger charge is 2.24. The molecule has 1 unspecified atom stereocenters. The Hall–Kier alpha value is -1.93. The molecule has 0 aliphatic rings. The Bertz CT molecular complexity index is 653. The van der Waals surface area contributed by atoms with E-state index in [-0.39, 0.29) is 17.1 Å². The van der Waals surface area contributed by atoms with E-state index in [4.69, 9.17) is 9.84 Å². The molecule has 2 N–H and O–H groups in total. The van der Waals surface area contributed by atoms with Crippen LogP contribution in [0.1, 0.15) is 29.8 Å². The number of carboxylic acid groups (broad SMARTS) is 1. The number of hydrogen-bond donors (Lipinski definition) is 2. The molecule has 0 saturated carbocycles. The number of aryl methyl sites for hydroxylation is 1.